The first kappa shape index (κ1) is 12.5. The Morgan fingerprint density at radius 1 is 1.59 bits per heavy atom. The predicted octanol–water partition coefficient (Wildman–Crippen LogP) is 1.93. The average molecular weight is 256 g/mol. The molecule has 4 nitrogen and oxygen atoms in total. The smallest absolute Gasteiger partial charge is 0.171 e. The molecule has 1 aromatic heterocycles. The van der Waals surface area contributed by atoms with Gasteiger partial charge in [-0.15, -0.1) is 0 Å². The quantitative estimate of drug-likeness (QED) is 0.838. The van der Waals surface area contributed by atoms with Crippen LogP contribution < -0.4 is 15.0 Å². The Labute approximate surface area is 107 Å². The number of hydrogen-bond donors (Lipinski definition) is 1. The number of ether oxygens (including phenoxy) is 1. The van der Waals surface area contributed by atoms with E-state index in [4.69, 9.17) is 16.3 Å². The molecule has 1 fully saturated rings. The molecule has 1 saturated heterocycles. The average Bonchev–Trinajstić information content (AvgIpc) is 2.39. The molecule has 1 aliphatic heterocycles. The predicted molar refractivity (Wildman–Crippen MR) is 70.1 cm³/mol. The summed E-state index contributed by atoms with van der Waals surface area (Å²) in [6.45, 7) is 2.06. The number of nitrogens with one attached hydrogen (secondary N) is 1. The van der Waals surface area contributed by atoms with E-state index in [1.807, 2.05) is 19.3 Å². The molecule has 0 spiro atoms. The lowest BCUT2D eigenvalue weighted by Gasteiger charge is -2.34. The van der Waals surface area contributed by atoms with Crippen molar-refractivity contribution in [2.75, 3.05) is 32.1 Å². The van der Waals surface area contributed by atoms with Gasteiger partial charge in [-0.1, -0.05) is 11.6 Å². The van der Waals surface area contributed by atoms with Crippen LogP contribution in [0.4, 0.5) is 5.69 Å². The highest BCUT2D eigenvalue weighted by Gasteiger charge is 2.19. The topological polar surface area (TPSA) is 37.4 Å². The van der Waals surface area contributed by atoms with E-state index in [1.165, 1.54) is 12.8 Å². The van der Waals surface area contributed by atoms with E-state index >= 15 is 0 Å². The molecular formula is C12H18ClN3O. The Kier molecular flexibility index (Phi) is 4.07. The molecule has 0 amide bonds. The largest absolute Gasteiger partial charge is 0.493 e. The molecule has 17 heavy (non-hydrogen) atoms. The Balaban J connectivity index is 2.16. The zero-order valence-electron chi connectivity index (χ0n) is 10.2. The second-order valence-corrected chi connectivity index (χ2v) is 4.62. The van der Waals surface area contributed by atoms with Crippen LogP contribution in [0.3, 0.4) is 0 Å². The summed E-state index contributed by atoms with van der Waals surface area (Å²) in [4.78, 5) is 6.47. The molecular weight excluding hydrogens is 238 g/mol. The Morgan fingerprint density at radius 2 is 2.41 bits per heavy atom. The van der Waals surface area contributed by atoms with E-state index in [0.717, 1.165) is 18.8 Å². The van der Waals surface area contributed by atoms with E-state index in [0.29, 0.717) is 16.9 Å². The number of likely N-dealkylation sites (N-methyl/N-ethyl adjacent to an activating group) is 1. The van der Waals surface area contributed by atoms with Crippen molar-refractivity contribution in [2.24, 2.45) is 0 Å². The molecule has 0 aliphatic carbocycles. The van der Waals surface area contributed by atoms with Crippen molar-refractivity contribution in [2.45, 2.75) is 18.9 Å². The van der Waals surface area contributed by atoms with Gasteiger partial charge < -0.3 is 15.0 Å². The van der Waals surface area contributed by atoms with Gasteiger partial charge in [-0.3, -0.25) is 0 Å². The molecule has 0 aromatic carbocycles. The molecule has 2 heterocycles. The fourth-order valence-electron chi connectivity index (χ4n) is 2.18. The first-order chi connectivity index (χ1) is 8.24. The highest BCUT2D eigenvalue weighted by Crippen LogP contribution is 2.28. The van der Waals surface area contributed by atoms with E-state index in [9.17, 15) is 0 Å². The van der Waals surface area contributed by atoms with E-state index in [-0.39, 0.29) is 0 Å². The number of hydrogen-bond acceptors (Lipinski definition) is 4. The number of methoxy groups -OCH3 is 1. The lowest BCUT2D eigenvalue weighted by atomic mass is 10.1. The van der Waals surface area contributed by atoms with Gasteiger partial charge in [0.25, 0.3) is 0 Å². The van der Waals surface area contributed by atoms with Gasteiger partial charge in [-0.25, -0.2) is 4.98 Å². The fourth-order valence-corrected chi connectivity index (χ4v) is 2.36. The van der Waals surface area contributed by atoms with Crippen LogP contribution in [-0.2, 0) is 0 Å². The number of rotatable bonds is 3. The van der Waals surface area contributed by atoms with Crippen LogP contribution in [0.15, 0.2) is 12.3 Å². The molecule has 1 unspecified atom stereocenters. The number of anilines is 1. The zero-order chi connectivity index (χ0) is 12.3. The minimum absolute atomic E-state index is 0.415. The summed E-state index contributed by atoms with van der Waals surface area (Å²) in [5.74, 6) is 0.635. The lowest BCUT2D eigenvalue weighted by Crippen LogP contribution is -2.44. The summed E-state index contributed by atoms with van der Waals surface area (Å²) in [6.07, 6.45) is 4.23. The zero-order valence-corrected chi connectivity index (χ0v) is 11.0. The first-order valence-electron chi connectivity index (χ1n) is 5.86. The van der Waals surface area contributed by atoms with E-state index in [2.05, 4.69) is 15.2 Å². The molecule has 1 N–H and O–H groups in total. The minimum atomic E-state index is 0.415. The van der Waals surface area contributed by atoms with Crippen LogP contribution in [-0.4, -0.2) is 38.3 Å². The van der Waals surface area contributed by atoms with Crippen molar-refractivity contribution in [3.05, 3.63) is 17.4 Å². The summed E-state index contributed by atoms with van der Waals surface area (Å²) < 4.78 is 5.19. The molecule has 1 atom stereocenters. The molecule has 1 aromatic rings. The second kappa shape index (κ2) is 5.56. The highest BCUT2D eigenvalue weighted by atomic mass is 35.5. The number of piperidine rings is 1. The monoisotopic (exact) mass is 255 g/mol. The third-order valence-electron chi connectivity index (χ3n) is 3.21. The van der Waals surface area contributed by atoms with Gasteiger partial charge in [0, 0.05) is 25.2 Å². The van der Waals surface area contributed by atoms with Crippen molar-refractivity contribution in [3.8, 4) is 5.75 Å². The number of pyridine rings is 1. The number of nitrogens with zero attached hydrogens (tertiary/aromatic N) is 2. The minimum Gasteiger partial charge on any atom is -0.493 e. The molecule has 94 valence electrons. The van der Waals surface area contributed by atoms with Gasteiger partial charge in [0.05, 0.1) is 19.0 Å². The third-order valence-corrected chi connectivity index (χ3v) is 3.49. The van der Waals surface area contributed by atoms with Gasteiger partial charge in [0.15, 0.2) is 10.9 Å². The molecule has 0 bridgehead atoms. The lowest BCUT2D eigenvalue weighted by molar-refractivity contribution is 0.412. The second-order valence-electron chi connectivity index (χ2n) is 4.26. The number of halogens is 1. The first-order valence-corrected chi connectivity index (χ1v) is 6.24. The molecule has 0 radical (unpaired) electrons. The van der Waals surface area contributed by atoms with Gasteiger partial charge in [0.1, 0.15) is 0 Å². The normalized spacial score (nSPS) is 20.4. The van der Waals surface area contributed by atoms with Crippen LogP contribution in [0, 0.1) is 0 Å². The maximum atomic E-state index is 5.92. The maximum absolute atomic E-state index is 5.92. The van der Waals surface area contributed by atoms with Crippen LogP contribution in [0.1, 0.15) is 12.8 Å². The Bertz CT molecular complexity index is 386. The van der Waals surface area contributed by atoms with E-state index < -0.39 is 0 Å². The van der Waals surface area contributed by atoms with Crippen LogP contribution in [0.25, 0.3) is 0 Å². The summed E-state index contributed by atoms with van der Waals surface area (Å²) in [7, 11) is 3.62. The molecule has 0 saturated carbocycles. The summed E-state index contributed by atoms with van der Waals surface area (Å²) in [5, 5.41) is 3.74. The van der Waals surface area contributed by atoms with Gasteiger partial charge >= 0.3 is 0 Å². The molecule has 5 heteroatoms. The number of aromatic nitrogens is 1. The maximum Gasteiger partial charge on any atom is 0.171 e. The highest BCUT2D eigenvalue weighted by molar-refractivity contribution is 6.30. The van der Waals surface area contributed by atoms with Crippen LogP contribution >= 0.6 is 11.6 Å². The SMILES string of the molecule is CNC1CCCN(c2cnc(Cl)c(OC)c2)C1. The standard InChI is InChI=1S/C12H18ClN3O/c1-14-9-4-3-5-16(8-9)10-6-11(17-2)12(13)15-7-10/h6-7,9,14H,3-5,8H2,1-2H3. The molecule has 1 aliphatic rings. The van der Waals surface area contributed by atoms with Crippen molar-refractivity contribution in [1.82, 2.24) is 10.3 Å². The summed E-state index contributed by atoms with van der Waals surface area (Å²) in [6, 6.07) is 2.50. The third kappa shape index (κ3) is 2.82. The Morgan fingerprint density at radius 3 is 3.12 bits per heavy atom. The van der Waals surface area contributed by atoms with E-state index in [1.54, 1.807) is 7.11 Å². The van der Waals surface area contributed by atoms with Crippen molar-refractivity contribution < 1.29 is 4.74 Å². The van der Waals surface area contributed by atoms with Crippen molar-refractivity contribution in [1.29, 1.82) is 0 Å². The van der Waals surface area contributed by atoms with Crippen LogP contribution in [0.2, 0.25) is 5.15 Å². The summed E-state index contributed by atoms with van der Waals surface area (Å²) in [5.41, 5.74) is 1.08. The van der Waals surface area contributed by atoms with Crippen molar-refractivity contribution >= 4 is 17.3 Å². The Hall–Kier alpha value is -1.00. The fraction of sp³-hybridized carbons (Fsp3) is 0.583. The molecule has 2 rings (SSSR count). The van der Waals surface area contributed by atoms with Gasteiger partial charge in [0.2, 0.25) is 0 Å². The van der Waals surface area contributed by atoms with Gasteiger partial charge in [-0.2, -0.15) is 0 Å². The summed E-state index contributed by atoms with van der Waals surface area (Å²) >= 11 is 5.92. The van der Waals surface area contributed by atoms with Gasteiger partial charge in [-0.05, 0) is 19.9 Å². The van der Waals surface area contributed by atoms with Crippen LogP contribution in [0.5, 0.6) is 5.75 Å². The van der Waals surface area contributed by atoms with Crippen molar-refractivity contribution in [3.63, 3.8) is 0 Å².